The number of nitrogens with one attached hydrogen (secondary N) is 1. The van der Waals surface area contributed by atoms with Gasteiger partial charge in [-0.15, -0.1) is 10.2 Å². The van der Waals surface area contributed by atoms with Crippen molar-refractivity contribution in [1.29, 1.82) is 0 Å². The van der Waals surface area contributed by atoms with E-state index in [4.69, 9.17) is 0 Å². The third-order valence-corrected chi connectivity index (χ3v) is 5.38. The molecular formula is C22H21N7O. The summed E-state index contributed by atoms with van der Waals surface area (Å²) in [5.41, 5.74) is 1.64. The molecule has 1 aromatic carbocycles. The maximum absolute atomic E-state index is 12.9. The van der Waals surface area contributed by atoms with Gasteiger partial charge in [0.15, 0.2) is 11.6 Å². The van der Waals surface area contributed by atoms with E-state index in [0.717, 1.165) is 41.8 Å². The fourth-order valence-corrected chi connectivity index (χ4v) is 3.80. The molecule has 0 bridgehead atoms. The highest BCUT2D eigenvalue weighted by molar-refractivity contribution is 5.94. The molecule has 1 aliphatic heterocycles. The molecule has 3 aromatic heterocycles. The minimum atomic E-state index is -0.111. The van der Waals surface area contributed by atoms with Crippen molar-refractivity contribution in [3.05, 3.63) is 67.4 Å². The van der Waals surface area contributed by atoms with Crippen LogP contribution in [0, 0.1) is 5.92 Å². The first kappa shape index (κ1) is 18.2. The summed E-state index contributed by atoms with van der Waals surface area (Å²) in [6.45, 7) is 1.48. The van der Waals surface area contributed by atoms with Crippen molar-refractivity contribution in [2.75, 3.05) is 23.3 Å². The third kappa shape index (κ3) is 3.71. The number of nitrogens with zero attached hydrogens (tertiary/aromatic N) is 6. The highest BCUT2D eigenvalue weighted by atomic mass is 16.1. The number of piperidine rings is 1. The zero-order valence-electron chi connectivity index (χ0n) is 16.3. The van der Waals surface area contributed by atoms with Crippen LogP contribution in [0.4, 0.5) is 11.5 Å². The first-order valence-corrected chi connectivity index (χ1v) is 9.99. The lowest BCUT2D eigenvalue weighted by molar-refractivity contribution is -0.120. The Bertz CT molecular complexity index is 1160. The highest BCUT2D eigenvalue weighted by Gasteiger charge is 2.27. The molecule has 0 aliphatic carbocycles. The molecule has 8 heteroatoms. The number of hydrogen-bond donors (Lipinski definition) is 1. The lowest BCUT2D eigenvalue weighted by Gasteiger charge is -2.32. The molecule has 4 aromatic rings. The maximum Gasteiger partial charge on any atom is 0.229 e. The Morgan fingerprint density at radius 3 is 2.80 bits per heavy atom. The number of hydrogen-bond acceptors (Lipinski definition) is 6. The smallest absolute Gasteiger partial charge is 0.229 e. The number of carbonyl (C=O) groups excluding carboxylic acids is 1. The van der Waals surface area contributed by atoms with Crippen molar-refractivity contribution in [1.82, 2.24) is 24.7 Å². The van der Waals surface area contributed by atoms with E-state index >= 15 is 0 Å². The number of benzene rings is 1. The van der Waals surface area contributed by atoms with Gasteiger partial charge in [0, 0.05) is 30.9 Å². The number of amides is 1. The predicted molar refractivity (Wildman–Crippen MR) is 114 cm³/mol. The monoisotopic (exact) mass is 399 g/mol. The molecule has 1 amide bonds. The van der Waals surface area contributed by atoms with Crippen molar-refractivity contribution in [2.24, 2.45) is 5.92 Å². The molecule has 1 aliphatic rings. The Kier molecular flexibility index (Phi) is 4.80. The molecule has 1 atom stereocenters. The second-order valence-corrected chi connectivity index (χ2v) is 7.41. The Morgan fingerprint density at radius 2 is 1.97 bits per heavy atom. The zero-order valence-corrected chi connectivity index (χ0v) is 16.3. The molecule has 1 saturated heterocycles. The summed E-state index contributed by atoms with van der Waals surface area (Å²) in [7, 11) is 0. The average molecular weight is 399 g/mol. The van der Waals surface area contributed by atoms with Gasteiger partial charge < -0.3 is 10.2 Å². The van der Waals surface area contributed by atoms with Crippen LogP contribution in [0.5, 0.6) is 0 Å². The van der Waals surface area contributed by atoms with Gasteiger partial charge in [0.05, 0.1) is 23.3 Å². The van der Waals surface area contributed by atoms with Crippen LogP contribution >= 0.6 is 0 Å². The molecule has 0 saturated carbocycles. The van der Waals surface area contributed by atoms with Crippen molar-refractivity contribution in [2.45, 2.75) is 12.8 Å². The van der Waals surface area contributed by atoms with Crippen LogP contribution in [0.1, 0.15) is 12.8 Å². The molecule has 0 spiro atoms. The number of fused-ring (bicyclic) bond motifs is 1. The van der Waals surface area contributed by atoms with Gasteiger partial charge in [-0.25, -0.2) is 4.98 Å². The van der Waals surface area contributed by atoms with E-state index in [2.05, 4.69) is 30.4 Å². The summed E-state index contributed by atoms with van der Waals surface area (Å²) >= 11 is 0. The summed E-state index contributed by atoms with van der Waals surface area (Å²) in [5.74, 6) is 1.40. The summed E-state index contributed by atoms with van der Waals surface area (Å²) in [5, 5.41) is 12.7. The first-order valence-electron chi connectivity index (χ1n) is 9.99. The lowest BCUT2D eigenvalue weighted by atomic mass is 9.97. The molecule has 150 valence electrons. The van der Waals surface area contributed by atoms with Gasteiger partial charge >= 0.3 is 0 Å². The van der Waals surface area contributed by atoms with Crippen LogP contribution in [0.2, 0.25) is 0 Å². The second-order valence-electron chi connectivity index (χ2n) is 7.41. The van der Waals surface area contributed by atoms with E-state index < -0.39 is 0 Å². The largest absolute Gasteiger partial charge is 0.354 e. The number of imidazole rings is 1. The number of rotatable bonds is 4. The summed E-state index contributed by atoms with van der Waals surface area (Å²) in [6.07, 6.45) is 8.71. The third-order valence-electron chi connectivity index (χ3n) is 5.38. The molecule has 4 heterocycles. The lowest BCUT2D eigenvalue weighted by Crippen LogP contribution is -2.41. The van der Waals surface area contributed by atoms with Crippen molar-refractivity contribution in [3.63, 3.8) is 0 Å². The second kappa shape index (κ2) is 7.90. The normalized spacial score (nSPS) is 16.5. The molecule has 30 heavy (non-hydrogen) atoms. The van der Waals surface area contributed by atoms with Gasteiger partial charge in [0.25, 0.3) is 0 Å². The SMILES string of the molecule is O=C(Nc1cnc2ccccc2c1)C1CCCN(c2ccc(-n3ccnc3)nn2)C1. The zero-order chi connectivity index (χ0) is 20.3. The predicted octanol–water partition coefficient (Wildman–Crippen LogP) is 3.07. The molecule has 1 fully saturated rings. The van der Waals surface area contributed by atoms with E-state index in [1.807, 2.05) is 48.7 Å². The molecule has 0 radical (unpaired) electrons. The van der Waals surface area contributed by atoms with Crippen LogP contribution in [-0.2, 0) is 4.79 Å². The number of para-hydroxylation sites is 1. The number of carbonyl (C=O) groups is 1. The van der Waals surface area contributed by atoms with Crippen molar-refractivity contribution in [3.8, 4) is 5.82 Å². The van der Waals surface area contributed by atoms with E-state index in [1.54, 1.807) is 23.3 Å². The van der Waals surface area contributed by atoms with Gasteiger partial charge in [-0.2, -0.15) is 0 Å². The quantitative estimate of drug-likeness (QED) is 0.567. The number of anilines is 2. The maximum atomic E-state index is 12.9. The number of aromatic nitrogens is 5. The fourth-order valence-electron chi connectivity index (χ4n) is 3.80. The van der Waals surface area contributed by atoms with Gasteiger partial charge in [-0.1, -0.05) is 18.2 Å². The molecular weight excluding hydrogens is 378 g/mol. The van der Waals surface area contributed by atoms with E-state index in [1.165, 1.54) is 0 Å². The van der Waals surface area contributed by atoms with Gasteiger partial charge in [-0.3, -0.25) is 14.3 Å². The standard InChI is InChI=1S/C22H21N7O/c30-22(25-18-12-16-4-1-2-6-19(16)24-13-18)17-5-3-10-28(14-17)20-7-8-21(27-26-20)29-11-9-23-15-29/h1-2,4,6-9,11-13,15,17H,3,5,10,14H2,(H,25,30). The van der Waals surface area contributed by atoms with Crippen LogP contribution in [0.15, 0.2) is 67.4 Å². The van der Waals surface area contributed by atoms with Gasteiger partial charge in [0.2, 0.25) is 5.91 Å². The molecule has 1 N–H and O–H groups in total. The molecule has 5 rings (SSSR count). The summed E-state index contributed by atoms with van der Waals surface area (Å²) in [6, 6.07) is 13.7. The highest BCUT2D eigenvalue weighted by Crippen LogP contribution is 2.24. The van der Waals surface area contributed by atoms with Crippen molar-refractivity contribution < 1.29 is 4.79 Å². The van der Waals surface area contributed by atoms with Crippen LogP contribution in [-0.4, -0.2) is 43.7 Å². The summed E-state index contributed by atoms with van der Waals surface area (Å²) in [4.78, 5) is 23.4. The Balaban J connectivity index is 1.26. The van der Waals surface area contributed by atoms with E-state index in [0.29, 0.717) is 12.4 Å². The van der Waals surface area contributed by atoms with Crippen molar-refractivity contribution >= 4 is 28.3 Å². The van der Waals surface area contributed by atoms with Gasteiger partial charge in [0.1, 0.15) is 6.33 Å². The van der Waals surface area contributed by atoms with Crippen LogP contribution in [0.3, 0.4) is 0 Å². The van der Waals surface area contributed by atoms with Crippen LogP contribution in [0.25, 0.3) is 16.7 Å². The molecule has 8 nitrogen and oxygen atoms in total. The minimum Gasteiger partial charge on any atom is -0.354 e. The summed E-state index contributed by atoms with van der Waals surface area (Å²) < 4.78 is 1.81. The Hall–Kier alpha value is -3.81. The van der Waals surface area contributed by atoms with E-state index in [9.17, 15) is 4.79 Å². The van der Waals surface area contributed by atoms with E-state index in [-0.39, 0.29) is 11.8 Å². The molecule has 1 unspecified atom stereocenters. The topological polar surface area (TPSA) is 88.8 Å². The number of pyridine rings is 1. The van der Waals surface area contributed by atoms with Gasteiger partial charge in [-0.05, 0) is 37.1 Å². The fraction of sp³-hybridized carbons (Fsp3) is 0.227. The Labute approximate surface area is 173 Å². The first-order chi connectivity index (χ1) is 14.8. The Morgan fingerprint density at radius 1 is 1.10 bits per heavy atom. The minimum absolute atomic E-state index is 0.0137. The average Bonchev–Trinajstić information content (AvgIpc) is 3.34. The van der Waals surface area contributed by atoms with Crippen LogP contribution < -0.4 is 10.2 Å².